The van der Waals surface area contributed by atoms with Crippen molar-refractivity contribution in [3.63, 3.8) is 0 Å². The predicted molar refractivity (Wildman–Crippen MR) is 239 cm³/mol. The van der Waals surface area contributed by atoms with Crippen LogP contribution < -0.4 is 37.6 Å². The highest BCUT2D eigenvalue weighted by molar-refractivity contribution is 5.98. The van der Waals surface area contributed by atoms with E-state index in [1.54, 1.807) is 33.9 Å². The zero-order chi connectivity index (χ0) is 48.7. The van der Waals surface area contributed by atoms with Crippen molar-refractivity contribution in [3.8, 4) is 5.75 Å². The van der Waals surface area contributed by atoms with Crippen molar-refractivity contribution in [2.24, 2.45) is 23.5 Å². The number of hydrogen-bond acceptors (Lipinski definition) is 11. The third-order valence-corrected chi connectivity index (χ3v) is 10.9. The number of rotatable bonds is 25. The SMILES string of the molecule is CC[C@H](C)[C@H](NC(=O)[C@H](CC(C)C)NC(=O)[C@@H](NC(=O)[C@H](Cc1ccc(O)cc1)NC(=O)[C@H](CC(=O)O)NC(=O)[C@@H](N)[C@@H](C)O)C(C)C)C(=O)N[C@@H](Cc1c[nH]c2ccccc12)C(=O)O. The monoisotopic (exact) mass is 908 g/mol. The van der Waals surface area contributed by atoms with Gasteiger partial charge in [0.2, 0.25) is 35.4 Å². The van der Waals surface area contributed by atoms with E-state index in [0.717, 1.165) is 10.9 Å². The Labute approximate surface area is 377 Å². The van der Waals surface area contributed by atoms with Crippen LogP contribution in [0.25, 0.3) is 10.9 Å². The van der Waals surface area contributed by atoms with Gasteiger partial charge in [0.15, 0.2) is 0 Å². The van der Waals surface area contributed by atoms with Gasteiger partial charge in [-0.25, -0.2) is 4.79 Å². The lowest BCUT2D eigenvalue weighted by Gasteiger charge is -2.30. The predicted octanol–water partition coefficient (Wildman–Crippen LogP) is 0.583. The number of phenols is 1. The Kier molecular flexibility index (Phi) is 19.9. The Balaban J connectivity index is 1.86. The molecule has 65 heavy (non-hydrogen) atoms. The summed E-state index contributed by atoms with van der Waals surface area (Å²) in [5.41, 5.74) is 7.59. The first-order chi connectivity index (χ1) is 30.5. The van der Waals surface area contributed by atoms with Crippen molar-refractivity contribution in [3.05, 3.63) is 65.9 Å². The second-order valence-electron chi connectivity index (χ2n) is 17.1. The van der Waals surface area contributed by atoms with E-state index in [4.69, 9.17) is 5.73 Å². The summed E-state index contributed by atoms with van der Waals surface area (Å²) in [6.45, 7) is 11.6. The van der Waals surface area contributed by atoms with Crippen LogP contribution in [0.15, 0.2) is 54.7 Å². The number of aliphatic carboxylic acids is 2. The van der Waals surface area contributed by atoms with Gasteiger partial charge in [-0.1, -0.05) is 78.3 Å². The van der Waals surface area contributed by atoms with Gasteiger partial charge in [0.25, 0.3) is 0 Å². The van der Waals surface area contributed by atoms with Crippen molar-refractivity contribution >= 4 is 58.3 Å². The number of hydrogen-bond donors (Lipinski definition) is 12. The number of amides is 6. The summed E-state index contributed by atoms with van der Waals surface area (Å²) in [5, 5.41) is 55.3. The van der Waals surface area contributed by atoms with Gasteiger partial charge in [-0.05, 0) is 60.4 Å². The molecule has 0 bridgehead atoms. The lowest BCUT2D eigenvalue weighted by atomic mass is 9.95. The zero-order valence-corrected chi connectivity index (χ0v) is 37.7. The number of aromatic hydroxyl groups is 1. The quantitative estimate of drug-likeness (QED) is 0.0555. The van der Waals surface area contributed by atoms with Crippen LogP contribution in [0.3, 0.4) is 0 Å². The molecule has 0 aliphatic carbocycles. The van der Waals surface area contributed by atoms with Gasteiger partial charge in [0.1, 0.15) is 48.0 Å². The summed E-state index contributed by atoms with van der Waals surface area (Å²) in [4.78, 5) is 109. The van der Waals surface area contributed by atoms with E-state index < -0.39 is 114 Å². The summed E-state index contributed by atoms with van der Waals surface area (Å²) in [5.74, 6) is -9.38. The molecule has 3 rings (SSSR count). The fourth-order valence-corrected chi connectivity index (χ4v) is 6.91. The minimum Gasteiger partial charge on any atom is -0.508 e. The molecular weight excluding hydrogens is 845 g/mol. The number of H-pyrrole nitrogens is 1. The summed E-state index contributed by atoms with van der Waals surface area (Å²) in [6.07, 6.45) is -0.345. The number of aliphatic hydroxyl groups excluding tert-OH is 1. The molecule has 2 aromatic carbocycles. The van der Waals surface area contributed by atoms with Crippen molar-refractivity contribution in [2.45, 2.75) is 129 Å². The zero-order valence-electron chi connectivity index (χ0n) is 37.7. The third-order valence-electron chi connectivity index (χ3n) is 10.9. The number of carbonyl (C=O) groups is 8. The number of nitrogens with one attached hydrogen (secondary N) is 7. The number of fused-ring (bicyclic) bond motifs is 1. The lowest BCUT2D eigenvalue weighted by Crippen LogP contribution is -2.61. The van der Waals surface area contributed by atoms with Gasteiger partial charge in [-0.15, -0.1) is 0 Å². The fraction of sp³-hybridized carbons (Fsp3) is 0.511. The number of benzene rings is 2. The Morgan fingerprint density at radius 2 is 1.18 bits per heavy atom. The average molecular weight is 909 g/mol. The van der Waals surface area contributed by atoms with E-state index in [1.165, 1.54) is 31.2 Å². The van der Waals surface area contributed by atoms with E-state index >= 15 is 0 Å². The summed E-state index contributed by atoms with van der Waals surface area (Å²) < 4.78 is 0. The summed E-state index contributed by atoms with van der Waals surface area (Å²) in [7, 11) is 0. The molecule has 0 saturated carbocycles. The number of aliphatic hydroxyl groups is 1. The molecule has 0 aliphatic heterocycles. The number of para-hydroxylation sites is 1. The highest BCUT2D eigenvalue weighted by atomic mass is 16.4. The maximum atomic E-state index is 14.1. The number of aromatic amines is 1. The van der Waals surface area contributed by atoms with Crippen LogP contribution in [-0.4, -0.2) is 121 Å². The molecule has 20 heteroatoms. The molecule has 3 aromatic rings. The van der Waals surface area contributed by atoms with E-state index in [9.17, 15) is 58.8 Å². The van der Waals surface area contributed by atoms with Gasteiger partial charge in [0.05, 0.1) is 12.5 Å². The molecule has 1 aromatic heterocycles. The Morgan fingerprint density at radius 3 is 1.75 bits per heavy atom. The normalized spacial score (nSPS) is 15.6. The average Bonchev–Trinajstić information content (AvgIpc) is 3.65. The largest absolute Gasteiger partial charge is 0.508 e. The number of carboxylic acid groups (broad SMARTS) is 2. The second-order valence-corrected chi connectivity index (χ2v) is 17.1. The molecule has 9 atom stereocenters. The van der Waals surface area contributed by atoms with Crippen molar-refractivity contribution in [1.82, 2.24) is 36.9 Å². The smallest absolute Gasteiger partial charge is 0.326 e. The van der Waals surface area contributed by atoms with Crippen molar-refractivity contribution < 1.29 is 58.8 Å². The lowest BCUT2D eigenvalue weighted by molar-refractivity contribution is -0.142. The molecule has 0 radical (unpaired) electrons. The molecular formula is C45H64N8O12. The van der Waals surface area contributed by atoms with Crippen molar-refractivity contribution in [1.29, 1.82) is 0 Å². The molecule has 13 N–H and O–H groups in total. The van der Waals surface area contributed by atoms with E-state index in [-0.39, 0.29) is 30.9 Å². The number of nitrogens with two attached hydrogens (primary N) is 1. The molecule has 6 amide bonds. The minimum absolute atomic E-state index is 0.0434. The van der Waals surface area contributed by atoms with Crippen LogP contribution in [0.5, 0.6) is 5.75 Å². The van der Waals surface area contributed by atoms with Crippen LogP contribution in [-0.2, 0) is 51.2 Å². The van der Waals surface area contributed by atoms with Gasteiger partial charge in [0, 0.05) is 29.9 Å². The molecule has 0 saturated heterocycles. The maximum absolute atomic E-state index is 14.1. The van der Waals surface area contributed by atoms with Crippen LogP contribution in [0.4, 0.5) is 0 Å². The van der Waals surface area contributed by atoms with Crippen molar-refractivity contribution in [2.75, 3.05) is 0 Å². The van der Waals surface area contributed by atoms with Gasteiger partial charge < -0.3 is 63.0 Å². The van der Waals surface area contributed by atoms with E-state index in [1.807, 2.05) is 38.1 Å². The molecule has 0 unspecified atom stereocenters. The van der Waals surface area contributed by atoms with Crippen LogP contribution in [0, 0.1) is 17.8 Å². The molecule has 20 nitrogen and oxygen atoms in total. The molecule has 0 spiro atoms. The van der Waals surface area contributed by atoms with E-state index in [0.29, 0.717) is 17.5 Å². The first-order valence-corrected chi connectivity index (χ1v) is 21.6. The minimum atomic E-state index is -1.74. The number of carboxylic acids is 2. The highest BCUT2D eigenvalue weighted by Gasteiger charge is 2.36. The molecule has 1 heterocycles. The number of aromatic nitrogens is 1. The maximum Gasteiger partial charge on any atom is 0.326 e. The topological polar surface area (TPSA) is 331 Å². The Bertz CT molecular complexity index is 2140. The van der Waals surface area contributed by atoms with Gasteiger partial charge in [-0.3, -0.25) is 33.6 Å². The number of phenolic OH excluding ortho intramolecular Hbond substituents is 1. The molecule has 356 valence electrons. The van der Waals surface area contributed by atoms with Crippen LogP contribution in [0.1, 0.15) is 78.9 Å². The molecule has 0 fully saturated rings. The number of carbonyl (C=O) groups excluding carboxylic acids is 6. The molecule has 0 aliphatic rings. The summed E-state index contributed by atoms with van der Waals surface area (Å²) in [6, 6.07) is 3.10. The first-order valence-electron chi connectivity index (χ1n) is 21.6. The second kappa shape index (κ2) is 24.5. The standard InChI is InChI=1S/C45H64N8O12/c1-8-24(6)38(44(63)51-34(45(64)65)19-27-21-47-30-12-10-9-11-29(27)30)53-40(59)31(17-22(2)3)50-43(62)37(23(4)5)52-41(60)32(18-26-13-15-28(55)16-14-26)48-39(58)33(20-35(56)57)49-42(61)36(46)25(7)54/h9-16,21-25,31-34,36-38,47,54-55H,8,17-20,46H2,1-7H3,(H,48,58)(H,49,61)(H,50,62)(H,51,63)(H,52,60)(H,53,59)(H,56,57)(H,64,65)/t24-,25+,31-,32-,33-,34-,36-,37-,38-/m0/s1. The van der Waals surface area contributed by atoms with Crippen LogP contribution >= 0.6 is 0 Å². The Hall–Kier alpha value is -6.54. The van der Waals surface area contributed by atoms with Crippen LogP contribution in [0.2, 0.25) is 0 Å². The fourth-order valence-electron chi connectivity index (χ4n) is 6.91. The van der Waals surface area contributed by atoms with Gasteiger partial charge >= 0.3 is 11.9 Å². The Morgan fingerprint density at radius 1 is 0.646 bits per heavy atom. The third kappa shape index (κ3) is 15.9. The highest BCUT2D eigenvalue weighted by Crippen LogP contribution is 2.20. The first kappa shape index (κ1) is 52.8. The van der Waals surface area contributed by atoms with E-state index in [2.05, 4.69) is 36.9 Å². The summed E-state index contributed by atoms with van der Waals surface area (Å²) >= 11 is 0. The van der Waals surface area contributed by atoms with Gasteiger partial charge in [-0.2, -0.15) is 0 Å².